The highest BCUT2D eigenvalue weighted by Gasteiger charge is 2.40. The summed E-state index contributed by atoms with van der Waals surface area (Å²) in [6.07, 6.45) is -2.01. The van der Waals surface area contributed by atoms with E-state index in [0.29, 0.717) is 16.2 Å². The molecular formula is C19H11NO7. The molecule has 0 radical (unpaired) electrons. The number of ketones is 1. The van der Waals surface area contributed by atoms with Crippen molar-refractivity contribution in [2.45, 2.75) is 6.10 Å². The highest BCUT2D eigenvalue weighted by atomic mass is 16.3. The first-order chi connectivity index (χ1) is 12.9. The van der Waals surface area contributed by atoms with E-state index in [1.165, 1.54) is 6.07 Å². The van der Waals surface area contributed by atoms with E-state index in [1.807, 2.05) is 0 Å². The van der Waals surface area contributed by atoms with E-state index in [-0.39, 0.29) is 22.3 Å². The molecule has 134 valence electrons. The van der Waals surface area contributed by atoms with Crippen LogP contribution in [0.5, 0.6) is 11.5 Å². The van der Waals surface area contributed by atoms with Crippen molar-refractivity contribution in [2.75, 3.05) is 0 Å². The van der Waals surface area contributed by atoms with Gasteiger partial charge < -0.3 is 20.4 Å². The number of aliphatic hydroxyl groups excluding tert-OH is 2. The molecule has 0 spiro atoms. The maximum absolute atomic E-state index is 12.2. The van der Waals surface area contributed by atoms with Crippen molar-refractivity contribution in [3.63, 3.8) is 0 Å². The van der Waals surface area contributed by atoms with E-state index in [2.05, 4.69) is 5.18 Å². The van der Waals surface area contributed by atoms with Gasteiger partial charge >= 0.3 is 5.91 Å². The third kappa shape index (κ3) is 2.14. The quantitative estimate of drug-likeness (QED) is 0.295. The zero-order valence-corrected chi connectivity index (χ0v) is 13.5. The number of aromatic hydroxyl groups is 2. The predicted octanol–water partition coefficient (Wildman–Crippen LogP) is 2.58. The van der Waals surface area contributed by atoms with Gasteiger partial charge in [-0.25, -0.2) is 0 Å². The minimum atomic E-state index is -2.01. The molecule has 1 aliphatic rings. The molecular weight excluding hydrogens is 354 g/mol. The van der Waals surface area contributed by atoms with E-state index >= 15 is 0 Å². The monoisotopic (exact) mass is 365 g/mol. The molecule has 3 aromatic rings. The number of amides is 1. The second-order valence-corrected chi connectivity index (χ2v) is 6.12. The van der Waals surface area contributed by atoms with Crippen LogP contribution in [-0.4, -0.2) is 32.1 Å². The van der Waals surface area contributed by atoms with Crippen LogP contribution in [0.25, 0.3) is 27.3 Å². The minimum Gasteiger partial charge on any atom is -0.507 e. The number of carbonyl (C=O) groups excluding carboxylic acids is 2. The summed E-state index contributed by atoms with van der Waals surface area (Å²) < 4.78 is 0. The Kier molecular flexibility index (Phi) is 3.47. The maximum atomic E-state index is 12.2. The van der Waals surface area contributed by atoms with Gasteiger partial charge in [0.1, 0.15) is 28.9 Å². The lowest BCUT2D eigenvalue weighted by Crippen LogP contribution is -2.26. The van der Waals surface area contributed by atoms with Crippen molar-refractivity contribution >= 4 is 39.0 Å². The summed E-state index contributed by atoms with van der Waals surface area (Å²) in [6, 6.07) is 9.73. The number of nitrogens with zero attached hydrogens (tertiary/aromatic N) is 1. The molecule has 0 aromatic heterocycles. The molecule has 0 fully saturated rings. The standard InChI is InChI=1S/C19H11NO7/c21-14-9-4-2-1-3-7(9)5-8-6-10-12(16(23)11(8)14)17(24)18(25)13(15(10)22)19(26)20-27/h1-6,17,21-24H. The normalized spacial score (nSPS) is 16.6. The van der Waals surface area contributed by atoms with Crippen LogP contribution >= 0.6 is 0 Å². The maximum Gasteiger partial charge on any atom is 0.324 e. The first-order valence-corrected chi connectivity index (χ1v) is 7.80. The number of rotatable bonds is 1. The second kappa shape index (κ2) is 5.61. The average Bonchev–Trinajstić information content (AvgIpc) is 2.66. The number of benzene rings is 3. The van der Waals surface area contributed by atoms with Gasteiger partial charge in [-0.15, -0.1) is 4.91 Å². The third-order valence-electron chi connectivity index (χ3n) is 4.69. The van der Waals surface area contributed by atoms with Gasteiger partial charge in [-0.3, -0.25) is 9.59 Å². The number of hydrogen-bond donors (Lipinski definition) is 4. The number of hydrogen-bond acceptors (Lipinski definition) is 7. The summed E-state index contributed by atoms with van der Waals surface area (Å²) in [4.78, 5) is 34.3. The van der Waals surface area contributed by atoms with Gasteiger partial charge in [0.25, 0.3) is 0 Å². The van der Waals surface area contributed by atoms with Crippen molar-refractivity contribution in [1.29, 1.82) is 0 Å². The molecule has 1 aliphatic carbocycles. The molecule has 0 saturated heterocycles. The SMILES string of the molecule is O=NC(=O)C1=C(O)c2cc3cc4ccccc4c(O)c3c(O)c2C(O)C1=O. The van der Waals surface area contributed by atoms with Crippen LogP contribution in [0.15, 0.2) is 47.1 Å². The van der Waals surface area contributed by atoms with Crippen LogP contribution in [0.3, 0.4) is 0 Å². The number of nitroso groups, excluding NO2 is 1. The Labute approximate surface area is 150 Å². The summed E-state index contributed by atoms with van der Waals surface area (Å²) in [5.74, 6) is -4.52. The number of phenols is 2. The molecule has 8 heteroatoms. The summed E-state index contributed by atoms with van der Waals surface area (Å²) in [5, 5.41) is 45.3. The average molecular weight is 365 g/mol. The van der Waals surface area contributed by atoms with E-state index in [0.717, 1.165) is 0 Å². The highest BCUT2D eigenvalue weighted by molar-refractivity contribution is 6.27. The van der Waals surface area contributed by atoms with Gasteiger partial charge in [0.2, 0.25) is 5.78 Å². The lowest BCUT2D eigenvalue weighted by Gasteiger charge is -2.23. The van der Waals surface area contributed by atoms with Crippen LogP contribution < -0.4 is 0 Å². The Morgan fingerprint density at radius 1 is 1.00 bits per heavy atom. The van der Waals surface area contributed by atoms with Gasteiger partial charge in [0, 0.05) is 21.7 Å². The second-order valence-electron chi connectivity index (χ2n) is 6.12. The lowest BCUT2D eigenvalue weighted by atomic mass is 9.84. The van der Waals surface area contributed by atoms with Crippen LogP contribution in [0.4, 0.5) is 0 Å². The lowest BCUT2D eigenvalue weighted by molar-refractivity contribution is -0.127. The van der Waals surface area contributed by atoms with E-state index in [9.17, 15) is 34.9 Å². The number of carbonyl (C=O) groups is 2. The van der Waals surface area contributed by atoms with Crippen LogP contribution in [0, 0.1) is 4.91 Å². The Bertz CT molecular complexity index is 1230. The van der Waals surface area contributed by atoms with Crippen molar-refractivity contribution in [3.05, 3.63) is 58.0 Å². The van der Waals surface area contributed by atoms with Gasteiger partial charge in [0.15, 0.2) is 0 Å². The zero-order valence-electron chi connectivity index (χ0n) is 13.5. The van der Waals surface area contributed by atoms with Gasteiger partial charge in [0.05, 0.1) is 5.39 Å². The fourth-order valence-corrected chi connectivity index (χ4v) is 3.45. The number of Topliss-reactive ketones (excluding diaryl/α,β-unsaturated/α-hetero) is 1. The van der Waals surface area contributed by atoms with Gasteiger partial charge in [-0.1, -0.05) is 24.3 Å². The fourth-order valence-electron chi connectivity index (χ4n) is 3.45. The largest absolute Gasteiger partial charge is 0.507 e. The van der Waals surface area contributed by atoms with E-state index in [1.54, 1.807) is 30.3 Å². The molecule has 8 nitrogen and oxygen atoms in total. The molecule has 0 aliphatic heterocycles. The molecule has 4 rings (SSSR count). The zero-order chi connectivity index (χ0) is 19.5. The Morgan fingerprint density at radius 3 is 2.41 bits per heavy atom. The first-order valence-electron chi connectivity index (χ1n) is 7.80. The van der Waals surface area contributed by atoms with Crippen molar-refractivity contribution in [1.82, 2.24) is 0 Å². The molecule has 4 N–H and O–H groups in total. The molecule has 3 aromatic carbocycles. The van der Waals surface area contributed by atoms with E-state index < -0.39 is 34.9 Å². The topological polar surface area (TPSA) is 144 Å². The molecule has 1 atom stereocenters. The molecule has 0 saturated carbocycles. The summed E-state index contributed by atoms with van der Waals surface area (Å²) in [7, 11) is 0. The van der Waals surface area contributed by atoms with Crippen LogP contribution in [0.2, 0.25) is 0 Å². The number of aliphatic hydroxyl groups is 2. The van der Waals surface area contributed by atoms with Crippen molar-refractivity contribution in [3.8, 4) is 11.5 Å². The van der Waals surface area contributed by atoms with Crippen molar-refractivity contribution < 1.29 is 30.0 Å². The van der Waals surface area contributed by atoms with Crippen LogP contribution in [0.1, 0.15) is 17.2 Å². The molecule has 0 bridgehead atoms. The smallest absolute Gasteiger partial charge is 0.324 e. The third-order valence-corrected chi connectivity index (χ3v) is 4.69. The minimum absolute atomic E-state index is 0.0182. The fraction of sp³-hybridized carbons (Fsp3) is 0.0526. The van der Waals surface area contributed by atoms with Gasteiger partial charge in [-0.05, 0) is 22.9 Å². The van der Waals surface area contributed by atoms with E-state index in [4.69, 9.17) is 0 Å². The Balaban J connectivity index is 2.17. The van der Waals surface area contributed by atoms with Crippen LogP contribution in [-0.2, 0) is 9.59 Å². The Morgan fingerprint density at radius 2 is 1.70 bits per heavy atom. The summed E-state index contributed by atoms with van der Waals surface area (Å²) in [5.41, 5.74) is -1.51. The van der Waals surface area contributed by atoms with Crippen molar-refractivity contribution in [2.24, 2.45) is 5.18 Å². The molecule has 27 heavy (non-hydrogen) atoms. The molecule has 1 amide bonds. The molecule has 0 heterocycles. The molecule has 1 unspecified atom stereocenters. The predicted molar refractivity (Wildman–Crippen MR) is 95.1 cm³/mol. The Hall–Kier alpha value is -3.78. The summed E-state index contributed by atoms with van der Waals surface area (Å²) >= 11 is 0. The number of phenolic OH excluding ortho intramolecular Hbond substituents is 2. The van der Waals surface area contributed by atoms with Gasteiger partial charge in [-0.2, -0.15) is 0 Å². The highest BCUT2D eigenvalue weighted by Crippen LogP contribution is 2.47. The summed E-state index contributed by atoms with van der Waals surface area (Å²) in [6.45, 7) is 0. The first kappa shape index (κ1) is 16.7. The number of fused-ring (bicyclic) bond motifs is 3.